The number of para-hydroxylation sites is 2. The molecule has 3 nitrogen and oxygen atoms in total. The quantitative estimate of drug-likeness (QED) is 0.658. The maximum absolute atomic E-state index is 5.54. The number of rotatable bonds is 3. The fourth-order valence-corrected chi connectivity index (χ4v) is 2.16. The minimum Gasteiger partial charge on any atom is -0.272 e. The van der Waals surface area contributed by atoms with Crippen molar-refractivity contribution < 1.29 is 4.84 Å². The van der Waals surface area contributed by atoms with Crippen molar-refractivity contribution >= 4 is 22.3 Å². The molecule has 0 fully saturated rings. The lowest BCUT2D eigenvalue weighted by Gasteiger charge is -2.23. The number of fused-ring (bicyclic) bond motifs is 1. The van der Waals surface area contributed by atoms with E-state index in [1.54, 1.807) is 13.3 Å². The standard InChI is InChI=1S/C16H14N2O/c1-19-18(13-7-3-2-4-8-13)16-11-12-17-15-10-6-5-9-14(15)16/h2-12H,1H3. The molecule has 94 valence electrons. The largest absolute Gasteiger partial charge is 0.272 e. The third-order valence-corrected chi connectivity index (χ3v) is 3.02. The maximum Gasteiger partial charge on any atom is 0.0804 e. The highest BCUT2D eigenvalue weighted by molar-refractivity contribution is 5.92. The number of nitrogens with zero attached hydrogens (tertiary/aromatic N) is 2. The van der Waals surface area contributed by atoms with Crippen LogP contribution in [0.25, 0.3) is 10.9 Å². The molecular formula is C16H14N2O. The highest BCUT2D eigenvalue weighted by Gasteiger charge is 2.11. The van der Waals surface area contributed by atoms with Crippen LogP contribution in [0, 0.1) is 0 Å². The summed E-state index contributed by atoms with van der Waals surface area (Å²) < 4.78 is 0. The Bertz CT molecular complexity index is 677. The summed E-state index contributed by atoms with van der Waals surface area (Å²) in [6, 6.07) is 20.0. The van der Waals surface area contributed by atoms with E-state index in [1.807, 2.05) is 65.7 Å². The zero-order valence-corrected chi connectivity index (χ0v) is 10.7. The third-order valence-electron chi connectivity index (χ3n) is 3.02. The van der Waals surface area contributed by atoms with Crippen LogP contribution in [-0.4, -0.2) is 12.1 Å². The number of benzene rings is 2. The Labute approximate surface area is 112 Å². The molecule has 0 radical (unpaired) electrons. The molecule has 0 aliphatic rings. The van der Waals surface area contributed by atoms with E-state index in [9.17, 15) is 0 Å². The van der Waals surface area contributed by atoms with Crippen molar-refractivity contribution in [2.45, 2.75) is 0 Å². The Morgan fingerprint density at radius 1 is 0.895 bits per heavy atom. The molecule has 0 N–H and O–H groups in total. The normalized spacial score (nSPS) is 10.6. The van der Waals surface area contributed by atoms with E-state index in [-0.39, 0.29) is 0 Å². The van der Waals surface area contributed by atoms with Gasteiger partial charge in [0.1, 0.15) is 0 Å². The minimum atomic E-state index is 0.956. The van der Waals surface area contributed by atoms with Crippen molar-refractivity contribution in [3.63, 3.8) is 0 Å². The van der Waals surface area contributed by atoms with Crippen LogP contribution in [0.3, 0.4) is 0 Å². The van der Waals surface area contributed by atoms with E-state index in [1.165, 1.54) is 0 Å². The fraction of sp³-hybridized carbons (Fsp3) is 0.0625. The molecular weight excluding hydrogens is 236 g/mol. The van der Waals surface area contributed by atoms with Crippen LogP contribution in [0.5, 0.6) is 0 Å². The van der Waals surface area contributed by atoms with Crippen LogP contribution in [0.4, 0.5) is 11.4 Å². The molecule has 0 bridgehead atoms. The molecule has 1 aromatic heterocycles. The van der Waals surface area contributed by atoms with Gasteiger partial charge in [0.25, 0.3) is 0 Å². The summed E-state index contributed by atoms with van der Waals surface area (Å²) in [5.41, 5.74) is 2.93. The second-order valence-corrected chi connectivity index (χ2v) is 4.16. The van der Waals surface area contributed by atoms with Gasteiger partial charge in [-0.1, -0.05) is 36.4 Å². The number of anilines is 2. The van der Waals surface area contributed by atoms with Gasteiger partial charge in [-0.3, -0.25) is 9.82 Å². The van der Waals surface area contributed by atoms with E-state index >= 15 is 0 Å². The lowest BCUT2D eigenvalue weighted by Crippen LogP contribution is -2.15. The lowest BCUT2D eigenvalue weighted by molar-refractivity contribution is 0.202. The Hall–Kier alpha value is -2.39. The van der Waals surface area contributed by atoms with Crippen molar-refractivity contribution in [2.24, 2.45) is 0 Å². The predicted octanol–water partition coefficient (Wildman–Crippen LogP) is 3.93. The number of aromatic nitrogens is 1. The number of hydrogen-bond acceptors (Lipinski definition) is 3. The monoisotopic (exact) mass is 250 g/mol. The van der Waals surface area contributed by atoms with E-state index in [0.29, 0.717) is 0 Å². The van der Waals surface area contributed by atoms with Gasteiger partial charge in [-0.2, -0.15) is 0 Å². The fourth-order valence-electron chi connectivity index (χ4n) is 2.16. The van der Waals surface area contributed by atoms with Crippen molar-refractivity contribution in [3.8, 4) is 0 Å². The van der Waals surface area contributed by atoms with Crippen molar-refractivity contribution in [3.05, 3.63) is 66.9 Å². The molecule has 1 heterocycles. The highest BCUT2D eigenvalue weighted by Crippen LogP contribution is 2.30. The van der Waals surface area contributed by atoms with Gasteiger partial charge in [-0.25, -0.2) is 5.06 Å². The van der Waals surface area contributed by atoms with E-state index in [2.05, 4.69) is 4.98 Å². The van der Waals surface area contributed by atoms with Gasteiger partial charge in [-0.05, 0) is 24.3 Å². The summed E-state index contributed by atoms with van der Waals surface area (Å²) in [6.07, 6.45) is 1.80. The Morgan fingerprint density at radius 3 is 2.42 bits per heavy atom. The second kappa shape index (κ2) is 5.08. The van der Waals surface area contributed by atoms with Crippen LogP contribution in [0.15, 0.2) is 66.9 Å². The van der Waals surface area contributed by atoms with E-state index in [4.69, 9.17) is 4.84 Å². The summed E-state index contributed by atoms with van der Waals surface area (Å²) in [5.74, 6) is 0. The molecule has 0 aliphatic heterocycles. The molecule has 3 heteroatoms. The third kappa shape index (κ3) is 2.16. The molecule has 2 aromatic carbocycles. The van der Waals surface area contributed by atoms with Gasteiger partial charge in [0.2, 0.25) is 0 Å². The van der Waals surface area contributed by atoms with Crippen LogP contribution in [-0.2, 0) is 4.84 Å². The highest BCUT2D eigenvalue weighted by atomic mass is 16.7. The molecule has 0 unspecified atom stereocenters. The first-order chi connectivity index (χ1) is 9.40. The predicted molar refractivity (Wildman–Crippen MR) is 77.3 cm³/mol. The van der Waals surface area contributed by atoms with E-state index in [0.717, 1.165) is 22.3 Å². The van der Waals surface area contributed by atoms with Crippen molar-refractivity contribution in [1.29, 1.82) is 0 Å². The lowest BCUT2D eigenvalue weighted by atomic mass is 10.2. The molecule has 0 spiro atoms. The van der Waals surface area contributed by atoms with Gasteiger partial charge >= 0.3 is 0 Å². The summed E-state index contributed by atoms with van der Waals surface area (Å²) in [6.45, 7) is 0. The molecule has 0 atom stereocenters. The van der Waals surface area contributed by atoms with Gasteiger partial charge in [0.05, 0.1) is 24.0 Å². The average molecular weight is 250 g/mol. The molecule has 0 saturated carbocycles. The maximum atomic E-state index is 5.54. The van der Waals surface area contributed by atoms with Crippen LogP contribution >= 0.6 is 0 Å². The number of hydrogen-bond donors (Lipinski definition) is 0. The van der Waals surface area contributed by atoms with Crippen LogP contribution in [0.1, 0.15) is 0 Å². The molecule has 3 aromatic rings. The zero-order valence-electron chi connectivity index (χ0n) is 10.7. The van der Waals surface area contributed by atoms with Gasteiger partial charge in [0.15, 0.2) is 0 Å². The summed E-state index contributed by atoms with van der Waals surface area (Å²) in [5, 5.41) is 2.88. The van der Waals surface area contributed by atoms with Gasteiger partial charge in [0, 0.05) is 11.6 Å². The van der Waals surface area contributed by atoms with Crippen molar-refractivity contribution in [2.75, 3.05) is 12.2 Å². The summed E-state index contributed by atoms with van der Waals surface area (Å²) in [4.78, 5) is 9.91. The first kappa shape index (κ1) is 11.7. The first-order valence-corrected chi connectivity index (χ1v) is 6.13. The molecule has 0 amide bonds. The Morgan fingerprint density at radius 2 is 1.63 bits per heavy atom. The number of pyridine rings is 1. The molecule has 19 heavy (non-hydrogen) atoms. The topological polar surface area (TPSA) is 25.4 Å². The summed E-state index contributed by atoms with van der Waals surface area (Å²) >= 11 is 0. The zero-order chi connectivity index (χ0) is 13.1. The molecule has 0 aliphatic carbocycles. The van der Waals surface area contributed by atoms with Gasteiger partial charge in [-0.15, -0.1) is 0 Å². The van der Waals surface area contributed by atoms with E-state index < -0.39 is 0 Å². The van der Waals surface area contributed by atoms with Crippen LogP contribution < -0.4 is 5.06 Å². The second-order valence-electron chi connectivity index (χ2n) is 4.16. The Balaban J connectivity index is 2.17. The Kier molecular flexibility index (Phi) is 3.12. The molecule has 3 rings (SSSR count). The van der Waals surface area contributed by atoms with Gasteiger partial charge < -0.3 is 0 Å². The van der Waals surface area contributed by atoms with Crippen molar-refractivity contribution in [1.82, 2.24) is 4.98 Å². The smallest absolute Gasteiger partial charge is 0.0804 e. The SMILES string of the molecule is CON(c1ccccc1)c1ccnc2ccccc12. The summed E-state index contributed by atoms with van der Waals surface area (Å²) in [7, 11) is 1.67. The first-order valence-electron chi connectivity index (χ1n) is 6.13. The average Bonchev–Trinajstić information content (AvgIpc) is 2.49. The minimum absolute atomic E-state index is 0.956. The molecule has 0 saturated heterocycles. The van der Waals surface area contributed by atoms with Crippen LogP contribution in [0.2, 0.25) is 0 Å².